The Morgan fingerprint density at radius 3 is 2.76 bits per heavy atom. The molecule has 6 heteroatoms. The second-order valence-electron chi connectivity index (χ2n) is 4.34. The van der Waals surface area contributed by atoms with Crippen molar-refractivity contribution in [3.05, 3.63) is 58.7 Å². The van der Waals surface area contributed by atoms with Crippen molar-refractivity contribution in [1.82, 2.24) is 10.3 Å². The third-order valence-corrected chi connectivity index (χ3v) is 3.17. The van der Waals surface area contributed by atoms with Crippen molar-refractivity contribution in [2.24, 2.45) is 0 Å². The third kappa shape index (κ3) is 3.93. The lowest BCUT2D eigenvalue weighted by molar-refractivity contribution is 0.0912. The van der Waals surface area contributed by atoms with Gasteiger partial charge in [-0.2, -0.15) is 0 Å². The molecule has 1 atom stereocenters. The van der Waals surface area contributed by atoms with Crippen LogP contribution >= 0.6 is 11.6 Å². The Balaban J connectivity index is 1.99. The second kappa shape index (κ2) is 7.06. The molecule has 2 aromatic rings. The molecule has 1 aromatic carbocycles. The third-order valence-electron chi connectivity index (χ3n) is 2.92. The number of ether oxygens (including phenoxy) is 1. The predicted molar refractivity (Wildman–Crippen MR) is 79.5 cm³/mol. The molecule has 2 N–H and O–H groups in total. The van der Waals surface area contributed by atoms with Crippen LogP contribution in [-0.4, -0.2) is 29.7 Å². The number of aliphatic hydroxyl groups excluding tert-OH is 1. The van der Waals surface area contributed by atoms with Crippen LogP contribution < -0.4 is 10.1 Å². The molecule has 1 unspecified atom stereocenters. The van der Waals surface area contributed by atoms with Gasteiger partial charge in [0.25, 0.3) is 5.91 Å². The van der Waals surface area contributed by atoms with E-state index in [4.69, 9.17) is 16.3 Å². The van der Waals surface area contributed by atoms with E-state index in [1.807, 2.05) is 0 Å². The molecular formula is C15H15ClN2O3. The largest absolute Gasteiger partial charge is 0.480 e. The van der Waals surface area contributed by atoms with Crippen LogP contribution in [0, 0.1) is 0 Å². The molecule has 21 heavy (non-hydrogen) atoms. The van der Waals surface area contributed by atoms with Gasteiger partial charge < -0.3 is 15.2 Å². The lowest BCUT2D eigenvalue weighted by Gasteiger charge is -2.13. The predicted octanol–water partition coefficient (Wildman–Crippen LogP) is 2.21. The first-order chi connectivity index (χ1) is 10.1. The summed E-state index contributed by atoms with van der Waals surface area (Å²) in [6.45, 7) is 0.0819. The molecule has 0 bridgehead atoms. The number of aliphatic hydroxyl groups is 1. The zero-order valence-electron chi connectivity index (χ0n) is 11.4. The van der Waals surface area contributed by atoms with Gasteiger partial charge >= 0.3 is 0 Å². The maximum absolute atomic E-state index is 12.1. The number of pyridine rings is 1. The number of hydrogen-bond donors (Lipinski definition) is 2. The molecule has 0 saturated carbocycles. The zero-order valence-corrected chi connectivity index (χ0v) is 12.2. The molecule has 1 heterocycles. The molecule has 110 valence electrons. The summed E-state index contributed by atoms with van der Waals surface area (Å²) in [6, 6.07) is 10.1. The van der Waals surface area contributed by atoms with Crippen molar-refractivity contribution in [3.63, 3.8) is 0 Å². The van der Waals surface area contributed by atoms with Crippen molar-refractivity contribution in [3.8, 4) is 5.88 Å². The molecule has 2 rings (SSSR count). The number of carbonyl (C=O) groups excluding carboxylic acids is 1. The van der Waals surface area contributed by atoms with Gasteiger partial charge in [0.05, 0.1) is 13.2 Å². The Bertz CT molecular complexity index is 617. The van der Waals surface area contributed by atoms with Gasteiger partial charge in [-0.1, -0.05) is 23.7 Å². The second-order valence-corrected chi connectivity index (χ2v) is 4.77. The van der Waals surface area contributed by atoms with Crippen molar-refractivity contribution in [1.29, 1.82) is 0 Å². The summed E-state index contributed by atoms with van der Waals surface area (Å²) in [7, 11) is 1.45. The lowest BCUT2D eigenvalue weighted by atomic mass is 10.1. The molecule has 0 aliphatic heterocycles. The fourth-order valence-electron chi connectivity index (χ4n) is 1.81. The maximum atomic E-state index is 12.1. The number of hydrogen-bond acceptors (Lipinski definition) is 4. The lowest BCUT2D eigenvalue weighted by Crippen LogP contribution is -2.28. The van der Waals surface area contributed by atoms with Crippen molar-refractivity contribution < 1.29 is 14.6 Å². The normalized spacial score (nSPS) is 11.8. The number of methoxy groups -OCH3 is 1. The number of rotatable bonds is 5. The van der Waals surface area contributed by atoms with Crippen LogP contribution in [0.15, 0.2) is 42.6 Å². The van der Waals surface area contributed by atoms with Crippen LogP contribution in [0.25, 0.3) is 0 Å². The number of halogens is 1. The van der Waals surface area contributed by atoms with Gasteiger partial charge in [-0.25, -0.2) is 4.98 Å². The van der Waals surface area contributed by atoms with Gasteiger partial charge in [0.1, 0.15) is 5.56 Å². The molecule has 0 fully saturated rings. The van der Waals surface area contributed by atoms with Crippen LogP contribution in [0.1, 0.15) is 22.0 Å². The fraction of sp³-hybridized carbons (Fsp3) is 0.200. The number of aromatic nitrogens is 1. The maximum Gasteiger partial charge on any atom is 0.256 e. The Labute approximate surface area is 127 Å². The minimum Gasteiger partial charge on any atom is -0.480 e. The van der Waals surface area contributed by atoms with Gasteiger partial charge in [0.2, 0.25) is 5.88 Å². The molecular weight excluding hydrogens is 292 g/mol. The van der Waals surface area contributed by atoms with E-state index in [0.717, 1.165) is 0 Å². The molecule has 1 aromatic heterocycles. The summed E-state index contributed by atoms with van der Waals surface area (Å²) in [5.74, 6) is -0.107. The fourth-order valence-corrected chi connectivity index (χ4v) is 1.94. The van der Waals surface area contributed by atoms with Crippen molar-refractivity contribution in [2.45, 2.75) is 6.10 Å². The summed E-state index contributed by atoms with van der Waals surface area (Å²) in [5.41, 5.74) is 1.00. The number of amides is 1. The van der Waals surface area contributed by atoms with Gasteiger partial charge in [0, 0.05) is 17.8 Å². The molecule has 5 nitrogen and oxygen atoms in total. The highest BCUT2D eigenvalue weighted by Gasteiger charge is 2.14. The van der Waals surface area contributed by atoms with Crippen molar-refractivity contribution >= 4 is 17.5 Å². The quantitative estimate of drug-likeness (QED) is 0.888. The average Bonchev–Trinajstić information content (AvgIpc) is 2.52. The summed E-state index contributed by atoms with van der Waals surface area (Å²) < 4.78 is 5.02. The molecule has 0 aliphatic carbocycles. The first kappa shape index (κ1) is 15.3. The van der Waals surface area contributed by atoms with Gasteiger partial charge in [-0.05, 0) is 29.8 Å². The molecule has 0 spiro atoms. The van der Waals surface area contributed by atoms with Gasteiger partial charge in [-0.3, -0.25) is 4.79 Å². The standard InChI is InChI=1S/C15H15ClN2O3/c1-21-15-12(3-2-8-17-15)14(20)18-9-13(19)10-4-6-11(16)7-5-10/h2-8,13,19H,9H2,1H3,(H,18,20). The van der Waals surface area contributed by atoms with Crippen molar-refractivity contribution in [2.75, 3.05) is 13.7 Å². The Kier molecular flexibility index (Phi) is 5.14. The van der Waals surface area contributed by atoms with Crippen LogP contribution in [-0.2, 0) is 0 Å². The van der Waals surface area contributed by atoms with E-state index < -0.39 is 6.10 Å². The van der Waals surface area contributed by atoms with Crippen LogP contribution in [0.4, 0.5) is 0 Å². The van der Waals surface area contributed by atoms with E-state index in [-0.39, 0.29) is 18.3 Å². The minimum absolute atomic E-state index is 0.0819. The average molecular weight is 307 g/mol. The van der Waals surface area contributed by atoms with Crippen LogP contribution in [0.5, 0.6) is 5.88 Å². The minimum atomic E-state index is -0.811. The monoisotopic (exact) mass is 306 g/mol. The van der Waals surface area contributed by atoms with E-state index >= 15 is 0 Å². The van der Waals surface area contributed by atoms with E-state index in [0.29, 0.717) is 16.1 Å². The number of nitrogens with one attached hydrogen (secondary N) is 1. The van der Waals surface area contributed by atoms with E-state index in [1.54, 1.807) is 36.4 Å². The van der Waals surface area contributed by atoms with E-state index in [1.165, 1.54) is 13.3 Å². The van der Waals surface area contributed by atoms with Crippen LogP contribution in [0.3, 0.4) is 0 Å². The van der Waals surface area contributed by atoms with Crippen LogP contribution in [0.2, 0.25) is 5.02 Å². The molecule has 0 radical (unpaired) electrons. The smallest absolute Gasteiger partial charge is 0.256 e. The Hall–Kier alpha value is -2.11. The summed E-state index contributed by atoms with van der Waals surface area (Å²) >= 11 is 5.79. The van der Waals surface area contributed by atoms with E-state index in [2.05, 4.69) is 10.3 Å². The number of nitrogens with zero attached hydrogens (tertiary/aromatic N) is 1. The Morgan fingerprint density at radius 2 is 2.10 bits per heavy atom. The first-order valence-corrected chi connectivity index (χ1v) is 6.70. The SMILES string of the molecule is COc1ncccc1C(=O)NCC(O)c1ccc(Cl)cc1. The zero-order chi connectivity index (χ0) is 15.2. The van der Waals surface area contributed by atoms with E-state index in [9.17, 15) is 9.90 Å². The molecule has 0 saturated heterocycles. The highest BCUT2D eigenvalue weighted by molar-refractivity contribution is 6.30. The Morgan fingerprint density at radius 1 is 1.38 bits per heavy atom. The number of carbonyl (C=O) groups is 1. The first-order valence-electron chi connectivity index (χ1n) is 6.32. The molecule has 1 amide bonds. The summed E-state index contributed by atoms with van der Waals surface area (Å²) in [5, 5.41) is 13.3. The summed E-state index contributed by atoms with van der Waals surface area (Å²) in [4.78, 5) is 16.0. The number of benzene rings is 1. The topological polar surface area (TPSA) is 71.5 Å². The van der Waals surface area contributed by atoms with Gasteiger partial charge in [-0.15, -0.1) is 0 Å². The van der Waals surface area contributed by atoms with Gasteiger partial charge in [0.15, 0.2) is 0 Å². The molecule has 0 aliphatic rings. The highest BCUT2D eigenvalue weighted by atomic mass is 35.5. The highest BCUT2D eigenvalue weighted by Crippen LogP contribution is 2.17. The summed E-state index contributed by atoms with van der Waals surface area (Å²) in [6.07, 6.45) is 0.729.